The largest absolute Gasteiger partial charge is 0.477 e. The lowest BCUT2D eigenvalue weighted by molar-refractivity contribution is 0.212. The number of ether oxygens (including phenoxy) is 1. The summed E-state index contributed by atoms with van der Waals surface area (Å²) in [6.07, 6.45) is 7.06. The van der Waals surface area contributed by atoms with Gasteiger partial charge in [-0.1, -0.05) is 26.0 Å². The van der Waals surface area contributed by atoms with Gasteiger partial charge < -0.3 is 15.0 Å². The van der Waals surface area contributed by atoms with Crippen LogP contribution >= 0.6 is 0 Å². The molecule has 0 spiro atoms. The van der Waals surface area contributed by atoms with Gasteiger partial charge in [0.25, 0.3) is 0 Å². The molecule has 1 aromatic heterocycles. The van der Waals surface area contributed by atoms with E-state index < -0.39 is 0 Å². The zero-order valence-corrected chi connectivity index (χ0v) is 14.4. The summed E-state index contributed by atoms with van der Waals surface area (Å²) in [6.45, 7) is 8.42. The minimum absolute atomic E-state index is 0.0534. The van der Waals surface area contributed by atoms with Crippen molar-refractivity contribution in [3.63, 3.8) is 0 Å². The number of hydrogen-bond acceptors (Lipinski definition) is 4. The van der Waals surface area contributed by atoms with Gasteiger partial charge >= 0.3 is 6.03 Å². The third-order valence-corrected chi connectivity index (χ3v) is 4.37. The molecular weight excluding hydrogens is 304 g/mol. The number of carbonyl (C=O) groups excluding carboxylic acids is 1. The Morgan fingerprint density at radius 2 is 2.17 bits per heavy atom. The van der Waals surface area contributed by atoms with E-state index in [4.69, 9.17) is 4.74 Å². The Labute approximate surface area is 143 Å². The number of carbonyl (C=O) groups is 1. The van der Waals surface area contributed by atoms with Crippen LogP contribution in [-0.4, -0.2) is 59.6 Å². The molecule has 1 atom stereocenters. The highest BCUT2D eigenvalue weighted by Gasteiger charge is 2.30. The molecule has 6 heteroatoms. The van der Waals surface area contributed by atoms with Gasteiger partial charge in [0.05, 0.1) is 18.5 Å². The number of anilines is 1. The third kappa shape index (κ3) is 4.26. The van der Waals surface area contributed by atoms with E-state index in [-0.39, 0.29) is 6.03 Å². The molecule has 1 aromatic rings. The molecule has 0 aromatic carbocycles. The third-order valence-electron chi connectivity index (χ3n) is 4.37. The fourth-order valence-electron chi connectivity index (χ4n) is 3.01. The summed E-state index contributed by atoms with van der Waals surface area (Å²) in [5, 5.41) is 2.92. The van der Waals surface area contributed by atoms with Crippen LogP contribution in [0, 0.1) is 5.92 Å². The Morgan fingerprint density at radius 3 is 2.83 bits per heavy atom. The maximum absolute atomic E-state index is 12.4. The Kier molecular flexibility index (Phi) is 5.35. The molecule has 2 amide bonds. The minimum Gasteiger partial charge on any atom is -0.477 e. The van der Waals surface area contributed by atoms with Crippen molar-refractivity contribution in [2.75, 3.05) is 38.1 Å². The lowest BCUT2D eigenvalue weighted by atomic mass is 10.2. The number of nitrogens with zero attached hydrogens (tertiary/aromatic N) is 3. The average Bonchev–Trinajstić information content (AvgIpc) is 3.25. The maximum atomic E-state index is 12.4. The average molecular weight is 330 g/mol. The molecule has 130 valence electrons. The van der Waals surface area contributed by atoms with Gasteiger partial charge in [0.15, 0.2) is 0 Å². The summed E-state index contributed by atoms with van der Waals surface area (Å²) in [6, 6.07) is 4.04. The molecule has 3 heterocycles. The molecule has 3 rings (SSSR count). The van der Waals surface area contributed by atoms with Crippen LogP contribution in [0.25, 0.3) is 0 Å². The smallest absolute Gasteiger partial charge is 0.321 e. The van der Waals surface area contributed by atoms with Gasteiger partial charge in [-0.05, 0) is 18.4 Å². The molecular formula is C18H26N4O2. The monoisotopic (exact) mass is 330 g/mol. The molecule has 0 radical (unpaired) electrons. The molecule has 0 aliphatic carbocycles. The number of nitrogens with one attached hydrogen (secondary N) is 1. The van der Waals surface area contributed by atoms with E-state index in [0.717, 1.165) is 32.6 Å². The predicted octanol–water partition coefficient (Wildman–Crippen LogP) is 2.59. The summed E-state index contributed by atoms with van der Waals surface area (Å²) < 4.78 is 5.55. The van der Waals surface area contributed by atoms with E-state index in [1.807, 2.05) is 11.0 Å². The van der Waals surface area contributed by atoms with Crippen molar-refractivity contribution in [3.05, 3.63) is 30.5 Å². The SMILES string of the molecule is CC(C)COc1ccc(NC(=O)N2CC[C@@H](N3CC=CC3)C2)cn1. The summed E-state index contributed by atoms with van der Waals surface area (Å²) in [7, 11) is 0. The van der Waals surface area contributed by atoms with Crippen molar-refractivity contribution in [1.82, 2.24) is 14.8 Å². The van der Waals surface area contributed by atoms with Crippen LogP contribution in [-0.2, 0) is 0 Å². The van der Waals surface area contributed by atoms with Crippen LogP contribution in [0.4, 0.5) is 10.5 Å². The van der Waals surface area contributed by atoms with Crippen molar-refractivity contribution in [2.24, 2.45) is 5.92 Å². The summed E-state index contributed by atoms with van der Waals surface area (Å²) in [5.41, 5.74) is 0.697. The standard InChI is InChI=1S/C18H26N4O2/c1-14(2)13-24-17-6-5-15(11-19-17)20-18(23)22-10-7-16(12-22)21-8-3-4-9-21/h3-6,11,14,16H,7-10,12-13H2,1-2H3,(H,20,23)/t16-/m1/s1. The van der Waals surface area contributed by atoms with E-state index in [2.05, 4.69) is 41.2 Å². The maximum Gasteiger partial charge on any atom is 0.321 e. The molecule has 1 fully saturated rings. The number of likely N-dealkylation sites (tertiary alicyclic amines) is 1. The van der Waals surface area contributed by atoms with E-state index in [0.29, 0.717) is 30.1 Å². The Morgan fingerprint density at radius 1 is 1.38 bits per heavy atom. The normalized spacial score (nSPS) is 20.8. The Hall–Kier alpha value is -2.08. The molecule has 0 bridgehead atoms. The van der Waals surface area contributed by atoms with Gasteiger partial charge in [0.2, 0.25) is 5.88 Å². The molecule has 6 nitrogen and oxygen atoms in total. The first kappa shape index (κ1) is 16.8. The number of rotatable bonds is 5. The van der Waals surface area contributed by atoms with E-state index >= 15 is 0 Å². The van der Waals surface area contributed by atoms with Crippen molar-refractivity contribution in [2.45, 2.75) is 26.3 Å². The van der Waals surface area contributed by atoms with Crippen LogP contribution in [0.5, 0.6) is 5.88 Å². The minimum atomic E-state index is -0.0534. The first-order valence-electron chi connectivity index (χ1n) is 8.65. The molecule has 2 aliphatic heterocycles. The Balaban J connectivity index is 1.48. The molecule has 2 aliphatic rings. The number of pyridine rings is 1. The zero-order valence-electron chi connectivity index (χ0n) is 14.4. The van der Waals surface area contributed by atoms with Crippen LogP contribution < -0.4 is 10.1 Å². The molecule has 24 heavy (non-hydrogen) atoms. The van der Waals surface area contributed by atoms with Gasteiger partial charge in [0, 0.05) is 38.3 Å². The quantitative estimate of drug-likeness (QED) is 0.843. The number of amides is 2. The van der Waals surface area contributed by atoms with Crippen molar-refractivity contribution in [1.29, 1.82) is 0 Å². The van der Waals surface area contributed by atoms with E-state index in [1.54, 1.807) is 12.3 Å². The molecule has 1 N–H and O–H groups in total. The zero-order chi connectivity index (χ0) is 16.9. The number of aromatic nitrogens is 1. The van der Waals surface area contributed by atoms with Gasteiger partial charge in [-0.15, -0.1) is 0 Å². The first-order chi connectivity index (χ1) is 11.6. The van der Waals surface area contributed by atoms with Gasteiger partial charge in [-0.25, -0.2) is 9.78 Å². The predicted molar refractivity (Wildman–Crippen MR) is 94.3 cm³/mol. The van der Waals surface area contributed by atoms with Crippen molar-refractivity contribution < 1.29 is 9.53 Å². The van der Waals surface area contributed by atoms with Crippen LogP contribution in [0.1, 0.15) is 20.3 Å². The first-order valence-corrected chi connectivity index (χ1v) is 8.65. The van der Waals surface area contributed by atoms with E-state index in [1.165, 1.54) is 0 Å². The van der Waals surface area contributed by atoms with Gasteiger partial charge in [-0.3, -0.25) is 4.90 Å². The Bertz CT molecular complexity index is 577. The molecule has 1 saturated heterocycles. The highest BCUT2D eigenvalue weighted by Crippen LogP contribution is 2.19. The second kappa shape index (κ2) is 7.66. The molecule has 0 unspecified atom stereocenters. The lowest BCUT2D eigenvalue weighted by Crippen LogP contribution is -2.38. The number of urea groups is 1. The summed E-state index contributed by atoms with van der Waals surface area (Å²) in [4.78, 5) is 20.9. The highest BCUT2D eigenvalue weighted by atomic mass is 16.5. The highest BCUT2D eigenvalue weighted by molar-refractivity contribution is 5.89. The van der Waals surface area contributed by atoms with Crippen LogP contribution in [0.15, 0.2) is 30.5 Å². The fourth-order valence-corrected chi connectivity index (χ4v) is 3.01. The lowest BCUT2D eigenvalue weighted by Gasteiger charge is -2.23. The van der Waals surface area contributed by atoms with Crippen molar-refractivity contribution >= 4 is 11.7 Å². The topological polar surface area (TPSA) is 57.7 Å². The van der Waals surface area contributed by atoms with E-state index in [9.17, 15) is 4.79 Å². The van der Waals surface area contributed by atoms with Gasteiger partial charge in [-0.2, -0.15) is 0 Å². The fraction of sp³-hybridized carbons (Fsp3) is 0.556. The summed E-state index contributed by atoms with van der Waals surface area (Å²) >= 11 is 0. The van der Waals surface area contributed by atoms with Crippen LogP contribution in [0.3, 0.4) is 0 Å². The number of hydrogen-bond donors (Lipinski definition) is 1. The van der Waals surface area contributed by atoms with Crippen molar-refractivity contribution in [3.8, 4) is 5.88 Å². The second-order valence-corrected chi connectivity index (χ2v) is 6.83. The second-order valence-electron chi connectivity index (χ2n) is 6.83. The van der Waals surface area contributed by atoms with Gasteiger partial charge in [0.1, 0.15) is 0 Å². The summed E-state index contributed by atoms with van der Waals surface area (Å²) in [5.74, 6) is 1.05. The van der Waals surface area contributed by atoms with Crippen LogP contribution in [0.2, 0.25) is 0 Å². The molecule has 0 saturated carbocycles.